The van der Waals surface area contributed by atoms with Gasteiger partial charge in [0.2, 0.25) is 0 Å². The Labute approximate surface area is 181 Å². The summed E-state index contributed by atoms with van der Waals surface area (Å²) in [7, 11) is 0. The van der Waals surface area contributed by atoms with E-state index in [1.807, 2.05) is 50.2 Å². The van der Waals surface area contributed by atoms with Crippen LogP contribution in [0, 0.1) is 5.92 Å². The standard InChI is InChI=1S/C26H36O4/c1-5-22-19(2)24(28-17-20-12-8-6-9-13-20)25(23(30-22)16-26(3,4)27)29-18-21-14-10-7-11-15-21/h6-15,19,22-25,27H,5,16-18H2,1-4H3/t19-,22+,23-,24-,25-/m0/s1. The highest BCUT2D eigenvalue weighted by atomic mass is 16.6. The average molecular weight is 413 g/mol. The third-order valence-corrected chi connectivity index (χ3v) is 5.82. The maximum atomic E-state index is 10.5. The minimum absolute atomic E-state index is 0.0784. The molecular formula is C26H36O4. The van der Waals surface area contributed by atoms with Gasteiger partial charge in [0, 0.05) is 12.3 Å². The molecule has 30 heavy (non-hydrogen) atoms. The molecular weight excluding hydrogens is 376 g/mol. The summed E-state index contributed by atoms with van der Waals surface area (Å²) >= 11 is 0. The second-order valence-electron chi connectivity index (χ2n) is 9.02. The van der Waals surface area contributed by atoms with E-state index < -0.39 is 5.60 Å². The van der Waals surface area contributed by atoms with E-state index in [9.17, 15) is 5.11 Å². The van der Waals surface area contributed by atoms with E-state index >= 15 is 0 Å². The fourth-order valence-electron chi connectivity index (χ4n) is 4.25. The molecule has 0 spiro atoms. The lowest BCUT2D eigenvalue weighted by molar-refractivity contribution is -0.240. The number of aliphatic hydroxyl groups is 1. The summed E-state index contributed by atoms with van der Waals surface area (Å²) in [5.41, 5.74) is 1.42. The van der Waals surface area contributed by atoms with Crippen LogP contribution < -0.4 is 0 Å². The van der Waals surface area contributed by atoms with Gasteiger partial charge in [-0.05, 0) is 31.4 Å². The summed E-state index contributed by atoms with van der Waals surface area (Å²) in [6.45, 7) is 9.00. The van der Waals surface area contributed by atoms with E-state index in [-0.39, 0.29) is 30.3 Å². The first-order valence-corrected chi connectivity index (χ1v) is 11.1. The lowest BCUT2D eigenvalue weighted by Gasteiger charge is -2.46. The van der Waals surface area contributed by atoms with Gasteiger partial charge in [-0.2, -0.15) is 0 Å². The predicted molar refractivity (Wildman–Crippen MR) is 119 cm³/mol. The van der Waals surface area contributed by atoms with Gasteiger partial charge in [-0.15, -0.1) is 0 Å². The van der Waals surface area contributed by atoms with E-state index in [2.05, 4.69) is 38.1 Å². The highest BCUT2D eigenvalue weighted by Crippen LogP contribution is 2.35. The molecule has 0 unspecified atom stereocenters. The number of ether oxygens (including phenoxy) is 3. The summed E-state index contributed by atoms with van der Waals surface area (Å²) in [4.78, 5) is 0. The third kappa shape index (κ3) is 6.39. The van der Waals surface area contributed by atoms with Crippen LogP contribution in [0.4, 0.5) is 0 Å². The molecule has 1 N–H and O–H groups in total. The SMILES string of the molecule is CC[C@H]1O[C@@H](CC(C)(C)O)[C@H](OCc2ccccc2)[C@@H](OCc2ccccc2)[C@H]1C. The Bertz CT molecular complexity index is 741. The van der Waals surface area contributed by atoms with Crippen molar-refractivity contribution >= 4 is 0 Å². The van der Waals surface area contributed by atoms with Crippen molar-refractivity contribution in [3.63, 3.8) is 0 Å². The molecule has 0 amide bonds. The topological polar surface area (TPSA) is 47.9 Å². The molecule has 4 heteroatoms. The van der Waals surface area contributed by atoms with Gasteiger partial charge in [-0.25, -0.2) is 0 Å². The first-order chi connectivity index (χ1) is 14.4. The van der Waals surface area contributed by atoms with Crippen LogP contribution in [0.5, 0.6) is 0 Å². The smallest absolute Gasteiger partial charge is 0.111 e. The van der Waals surface area contributed by atoms with Crippen molar-refractivity contribution in [2.45, 2.75) is 83.8 Å². The van der Waals surface area contributed by atoms with Gasteiger partial charge >= 0.3 is 0 Å². The number of hydrogen-bond acceptors (Lipinski definition) is 4. The molecule has 5 atom stereocenters. The van der Waals surface area contributed by atoms with Gasteiger partial charge in [0.1, 0.15) is 6.10 Å². The fourth-order valence-corrected chi connectivity index (χ4v) is 4.25. The molecule has 4 nitrogen and oxygen atoms in total. The van der Waals surface area contributed by atoms with Crippen molar-refractivity contribution in [2.24, 2.45) is 5.92 Å². The first-order valence-electron chi connectivity index (χ1n) is 11.1. The minimum Gasteiger partial charge on any atom is -0.390 e. The summed E-state index contributed by atoms with van der Waals surface area (Å²) in [6.07, 6.45) is 0.893. The lowest BCUT2D eigenvalue weighted by Crippen LogP contribution is -2.56. The van der Waals surface area contributed by atoms with Gasteiger partial charge in [0.05, 0.1) is 37.1 Å². The van der Waals surface area contributed by atoms with Gasteiger partial charge in [0.25, 0.3) is 0 Å². The van der Waals surface area contributed by atoms with Gasteiger partial charge in [-0.1, -0.05) is 74.5 Å². The van der Waals surface area contributed by atoms with Crippen LogP contribution in [0.3, 0.4) is 0 Å². The molecule has 1 fully saturated rings. The Morgan fingerprint density at radius 2 is 1.33 bits per heavy atom. The van der Waals surface area contributed by atoms with Crippen LogP contribution in [0.2, 0.25) is 0 Å². The molecule has 1 aliphatic heterocycles. The molecule has 0 radical (unpaired) electrons. The second-order valence-corrected chi connectivity index (χ2v) is 9.02. The summed E-state index contributed by atoms with van der Waals surface area (Å²) < 4.78 is 19.3. The molecule has 2 aromatic rings. The lowest BCUT2D eigenvalue weighted by atomic mass is 9.83. The Balaban J connectivity index is 1.81. The van der Waals surface area contributed by atoms with Crippen molar-refractivity contribution in [3.8, 4) is 0 Å². The molecule has 1 aliphatic rings. The number of rotatable bonds is 9. The summed E-state index contributed by atoms with van der Waals surface area (Å²) in [6, 6.07) is 20.4. The molecule has 0 saturated carbocycles. The molecule has 1 heterocycles. The number of hydrogen-bond donors (Lipinski definition) is 1. The van der Waals surface area contributed by atoms with Crippen molar-refractivity contribution in [1.82, 2.24) is 0 Å². The molecule has 164 valence electrons. The molecule has 1 saturated heterocycles. The zero-order valence-electron chi connectivity index (χ0n) is 18.7. The Kier molecular flexibility index (Phi) is 8.06. The molecule has 0 bridgehead atoms. The van der Waals surface area contributed by atoms with Crippen LogP contribution in [0.15, 0.2) is 60.7 Å². The largest absolute Gasteiger partial charge is 0.390 e. The monoisotopic (exact) mass is 412 g/mol. The van der Waals surface area contributed by atoms with Crippen molar-refractivity contribution in [3.05, 3.63) is 71.8 Å². The maximum absolute atomic E-state index is 10.5. The average Bonchev–Trinajstić information content (AvgIpc) is 2.73. The van der Waals surface area contributed by atoms with Crippen LogP contribution in [0.1, 0.15) is 51.7 Å². The van der Waals surface area contributed by atoms with E-state index in [4.69, 9.17) is 14.2 Å². The zero-order chi connectivity index (χ0) is 21.6. The van der Waals surface area contributed by atoms with Crippen LogP contribution in [-0.2, 0) is 27.4 Å². The Hall–Kier alpha value is -1.72. The summed E-state index contributed by atoms with van der Waals surface area (Å²) in [5, 5.41) is 10.5. The fraction of sp³-hybridized carbons (Fsp3) is 0.538. The van der Waals surface area contributed by atoms with E-state index in [1.54, 1.807) is 0 Å². The number of benzene rings is 2. The van der Waals surface area contributed by atoms with Gasteiger partial charge < -0.3 is 19.3 Å². The highest BCUT2D eigenvalue weighted by Gasteiger charge is 2.46. The first kappa shape index (κ1) is 23.0. The van der Waals surface area contributed by atoms with Crippen LogP contribution >= 0.6 is 0 Å². The Morgan fingerprint density at radius 3 is 1.80 bits per heavy atom. The molecule has 3 rings (SSSR count). The van der Waals surface area contributed by atoms with Crippen LogP contribution in [-0.4, -0.2) is 35.1 Å². The second kappa shape index (κ2) is 10.5. The van der Waals surface area contributed by atoms with E-state index in [0.29, 0.717) is 19.6 Å². The maximum Gasteiger partial charge on any atom is 0.111 e. The highest BCUT2D eigenvalue weighted by molar-refractivity contribution is 5.14. The van der Waals surface area contributed by atoms with Crippen molar-refractivity contribution in [2.75, 3.05) is 0 Å². The summed E-state index contributed by atoms with van der Waals surface area (Å²) in [5.74, 6) is 0.192. The minimum atomic E-state index is -0.845. The van der Waals surface area contributed by atoms with Crippen molar-refractivity contribution < 1.29 is 19.3 Å². The van der Waals surface area contributed by atoms with E-state index in [1.165, 1.54) is 0 Å². The quantitative estimate of drug-likeness (QED) is 0.620. The molecule has 0 aliphatic carbocycles. The van der Waals surface area contributed by atoms with Crippen LogP contribution in [0.25, 0.3) is 0 Å². The van der Waals surface area contributed by atoms with Gasteiger partial charge in [0.15, 0.2) is 0 Å². The van der Waals surface area contributed by atoms with Crippen molar-refractivity contribution in [1.29, 1.82) is 0 Å². The van der Waals surface area contributed by atoms with Gasteiger partial charge in [-0.3, -0.25) is 0 Å². The Morgan fingerprint density at radius 1 is 0.833 bits per heavy atom. The normalized spacial score (nSPS) is 27.2. The zero-order valence-corrected chi connectivity index (χ0v) is 18.7. The third-order valence-electron chi connectivity index (χ3n) is 5.82. The predicted octanol–water partition coefficient (Wildman–Crippen LogP) is 5.13. The molecule has 0 aromatic heterocycles. The van der Waals surface area contributed by atoms with E-state index in [0.717, 1.165) is 17.5 Å². The molecule has 2 aromatic carbocycles.